The normalized spacial score (nSPS) is 22.7. The number of carbonyl (C=O) groups excluding carboxylic acids is 1. The Bertz CT molecular complexity index is 274. The fourth-order valence-electron chi connectivity index (χ4n) is 1.91. The predicted octanol–water partition coefficient (Wildman–Crippen LogP) is 1.75. The van der Waals surface area contributed by atoms with Crippen molar-refractivity contribution in [2.75, 3.05) is 19.8 Å². The average molecular weight is 258 g/mol. The van der Waals surface area contributed by atoms with Crippen LogP contribution in [0.1, 0.15) is 40.5 Å². The number of nitrogens with two attached hydrogens (primary N) is 1. The van der Waals surface area contributed by atoms with Crippen LogP contribution in [0.3, 0.4) is 0 Å². The number of ether oxygens (including phenoxy) is 2. The van der Waals surface area contributed by atoms with Crippen LogP contribution in [0.4, 0.5) is 4.79 Å². The lowest BCUT2D eigenvalue weighted by Gasteiger charge is -2.36. The molecule has 0 aromatic rings. The Morgan fingerprint density at radius 3 is 2.78 bits per heavy atom. The van der Waals surface area contributed by atoms with Crippen LogP contribution in [-0.2, 0) is 9.47 Å². The van der Waals surface area contributed by atoms with E-state index in [0.717, 1.165) is 12.8 Å². The molecule has 1 unspecified atom stereocenters. The Kier molecular flexibility index (Phi) is 5.41. The van der Waals surface area contributed by atoms with E-state index in [2.05, 4.69) is 0 Å². The van der Waals surface area contributed by atoms with Crippen LogP contribution < -0.4 is 5.73 Å². The molecule has 1 saturated heterocycles. The zero-order valence-corrected chi connectivity index (χ0v) is 11.9. The first kappa shape index (κ1) is 15.2. The highest BCUT2D eigenvalue weighted by molar-refractivity contribution is 5.68. The Hall–Kier alpha value is -0.810. The molecule has 1 amide bonds. The quantitative estimate of drug-likeness (QED) is 0.837. The van der Waals surface area contributed by atoms with Crippen molar-refractivity contribution in [2.24, 2.45) is 5.73 Å². The van der Waals surface area contributed by atoms with E-state index < -0.39 is 5.60 Å². The fourth-order valence-corrected chi connectivity index (χ4v) is 1.91. The molecule has 5 nitrogen and oxygen atoms in total. The van der Waals surface area contributed by atoms with Gasteiger partial charge >= 0.3 is 6.09 Å². The van der Waals surface area contributed by atoms with Crippen LogP contribution >= 0.6 is 0 Å². The molecule has 106 valence electrons. The van der Waals surface area contributed by atoms with Crippen LogP contribution in [-0.4, -0.2) is 48.4 Å². The van der Waals surface area contributed by atoms with E-state index in [9.17, 15) is 4.79 Å². The molecule has 18 heavy (non-hydrogen) atoms. The van der Waals surface area contributed by atoms with Gasteiger partial charge in [-0.15, -0.1) is 0 Å². The van der Waals surface area contributed by atoms with Crippen molar-refractivity contribution in [3.05, 3.63) is 0 Å². The van der Waals surface area contributed by atoms with E-state index in [1.165, 1.54) is 0 Å². The van der Waals surface area contributed by atoms with Gasteiger partial charge in [0.05, 0.1) is 19.3 Å². The summed E-state index contributed by atoms with van der Waals surface area (Å²) in [5.74, 6) is 0. The van der Waals surface area contributed by atoms with Gasteiger partial charge in [-0.1, -0.05) is 0 Å². The summed E-state index contributed by atoms with van der Waals surface area (Å²) in [6, 6.07) is 0.229. The smallest absolute Gasteiger partial charge is 0.410 e. The minimum atomic E-state index is -0.457. The minimum absolute atomic E-state index is 0.0830. The van der Waals surface area contributed by atoms with E-state index in [0.29, 0.717) is 19.8 Å². The fraction of sp³-hybridized carbons (Fsp3) is 0.923. The molecular weight excluding hydrogens is 232 g/mol. The summed E-state index contributed by atoms with van der Waals surface area (Å²) in [4.78, 5) is 13.9. The zero-order chi connectivity index (χ0) is 13.8. The third-order valence-corrected chi connectivity index (χ3v) is 2.81. The Labute approximate surface area is 110 Å². The first-order valence-electron chi connectivity index (χ1n) is 6.62. The molecule has 0 spiro atoms. The molecule has 0 aromatic carbocycles. The zero-order valence-electron chi connectivity index (χ0n) is 11.9. The van der Waals surface area contributed by atoms with E-state index in [1.54, 1.807) is 4.90 Å². The molecule has 0 aliphatic carbocycles. The van der Waals surface area contributed by atoms with Gasteiger partial charge in [-0.3, -0.25) is 0 Å². The van der Waals surface area contributed by atoms with Crippen molar-refractivity contribution in [2.45, 2.75) is 58.2 Å². The van der Waals surface area contributed by atoms with Crippen LogP contribution in [0.5, 0.6) is 0 Å². The number of amides is 1. The first-order chi connectivity index (χ1) is 8.29. The molecule has 0 radical (unpaired) electrons. The lowest BCUT2D eigenvalue weighted by atomic mass is 10.1. The molecule has 0 saturated carbocycles. The second-order valence-electron chi connectivity index (χ2n) is 5.96. The van der Waals surface area contributed by atoms with Crippen molar-refractivity contribution < 1.29 is 14.3 Å². The summed E-state index contributed by atoms with van der Waals surface area (Å²) in [5.41, 5.74) is 5.30. The van der Waals surface area contributed by atoms with Gasteiger partial charge in [-0.2, -0.15) is 0 Å². The second-order valence-corrected chi connectivity index (χ2v) is 5.96. The third-order valence-electron chi connectivity index (χ3n) is 2.81. The predicted molar refractivity (Wildman–Crippen MR) is 70.4 cm³/mol. The number of hydrogen-bond acceptors (Lipinski definition) is 4. The topological polar surface area (TPSA) is 64.8 Å². The standard InChI is InChI=1S/C13H26N2O3/c1-10(14)5-6-11-9-17-8-7-15(11)12(16)18-13(2,3)4/h10-11H,5-9,14H2,1-4H3/t10-,11?/m0/s1. The van der Waals surface area contributed by atoms with E-state index >= 15 is 0 Å². The molecule has 1 rings (SSSR count). The molecule has 0 bridgehead atoms. The molecule has 1 aliphatic heterocycles. The maximum Gasteiger partial charge on any atom is 0.410 e. The maximum absolute atomic E-state index is 12.1. The Morgan fingerprint density at radius 2 is 2.22 bits per heavy atom. The van der Waals surface area contributed by atoms with Crippen LogP contribution in [0.15, 0.2) is 0 Å². The summed E-state index contributed by atoms with van der Waals surface area (Å²) < 4.78 is 10.8. The maximum atomic E-state index is 12.1. The monoisotopic (exact) mass is 258 g/mol. The van der Waals surface area contributed by atoms with Gasteiger partial charge in [0, 0.05) is 12.6 Å². The highest BCUT2D eigenvalue weighted by atomic mass is 16.6. The molecule has 1 fully saturated rings. The third kappa shape index (κ3) is 5.23. The van der Waals surface area contributed by atoms with Crippen LogP contribution in [0, 0.1) is 0 Å². The molecule has 5 heteroatoms. The SMILES string of the molecule is C[C@H](N)CCC1COCCN1C(=O)OC(C)(C)C. The van der Waals surface area contributed by atoms with Crippen molar-refractivity contribution in [1.82, 2.24) is 4.90 Å². The number of carbonyl (C=O) groups is 1. The first-order valence-corrected chi connectivity index (χ1v) is 6.62. The second kappa shape index (κ2) is 6.38. The van der Waals surface area contributed by atoms with Gasteiger partial charge in [0.1, 0.15) is 5.60 Å². The van der Waals surface area contributed by atoms with Crippen LogP contribution in [0.25, 0.3) is 0 Å². The van der Waals surface area contributed by atoms with Crippen molar-refractivity contribution >= 4 is 6.09 Å². The molecule has 2 atom stereocenters. The van der Waals surface area contributed by atoms with Crippen LogP contribution in [0.2, 0.25) is 0 Å². The number of nitrogens with zero attached hydrogens (tertiary/aromatic N) is 1. The van der Waals surface area contributed by atoms with Gasteiger partial charge in [-0.05, 0) is 40.5 Å². The average Bonchev–Trinajstić information content (AvgIpc) is 2.24. The highest BCUT2D eigenvalue weighted by Crippen LogP contribution is 2.17. The Morgan fingerprint density at radius 1 is 1.56 bits per heavy atom. The van der Waals surface area contributed by atoms with Crippen molar-refractivity contribution in [3.63, 3.8) is 0 Å². The lowest BCUT2D eigenvalue weighted by Crippen LogP contribution is -2.50. The minimum Gasteiger partial charge on any atom is -0.444 e. The lowest BCUT2D eigenvalue weighted by molar-refractivity contribution is -0.0345. The summed E-state index contributed by atoms with van der Waals surface area (Å²) in [7, 11) is 0. The van der Waals surface area contributed by atoms with Gasteiger partial charge in [0.15, 0.2) is 0 Å². The summed E-state index contributed by atoms with van der Waals surface area (Å²) in [5, 5.41) is 0. The number of morpholine rings is 1. The largest absolute Gasteiger partial charge is 0.444 e. The summed E-state index contributed by atoms with van der Waals surface area (Å²) in [6.45, 7) is 9.35. The molecular formula is C13H26N2O3. The van der Waals surface area contributed by atoms with E-state index in [-0.39, 0.29) is 18.2 Å². The molecule has 1 aliphatic rings. The summed E-state index contributed by atoms with van der Waals surface area (Å²) >= 11 is 0. The number of hydrogen-bond donors (Lipinski definition) is 1. The highest BCUT2D eigenvalue weighted by Gasteiger charge is 2.30. The number of rotatable bonds is 3. The molecule has 2 N–H and O–H groups in total. The van der Waals surface area contributed by atoms with Crippen molar-refractivity contribution in [1.29, 1.82) is 0 Å². The summed E-state index contributed by atoms with van der Waals surface area (Å²) in [6.07, 6.45) is 1.49. The Balaban J connectivity index is 2.55. The van der Waals surface area contributed by atoms with E-state index in [1.807, 2.05) is 27.7 Å². The van der Waals surface area contributed by atoms with Gasteiger partial charge in [0.25, 0.3) is 0 Å². The van der Waals surface area contributed by atoms with Gasteiger partial charge < -0.3 is 20.1 Å². The van der Waals surface area contributed by atoms with Crippen molar-refractivity contribution in [3.8, 4) is 0 Å². The van der Waals surface area contributed by atoms with Gasteiger partial charge in [0.2, 0.25) is 0 Å². The van der Waals surface area contributed by atoms with E-state index in [4.69, 9.17) is 15.2 Å². The molecule has 1 heterocycles. The molecule has 0 aromatic heterocycles. The van der Waals surface area contributed by atoms with Gasteiger partial charge in [-0.25, -0.2) is 4.79 Å².